The van der Waals surface area contributed by atoms with Crippen LogP contribution in [0.3, 0.4) is 0 Å². The number of hydrazine groups is 1. The van der Waals surface area contributed by atoms with Crippen molar-refractivity contribution in [1.82, 2.24) is 9.97 Å². The molecule has 4 N–H and O–H groups in total. The summed E-state index contributed by atoms with van der Waals surface area (Å²) in [5.74, 6) is 5.67. The first-order valence-electron chi connectivity index (χ1n) is 6.61. The predicted molar refractivity (Wildman–Crippen MR) is 82.9 cm³/mol. The average Bonchev–Trinajstić information content (AvgIpc) is 2.46. The largest absolute Gasteiger partial charge is 0.322 e. The van der Waals surface area contributed by atoms with Crippen LogP contribution in [-0.2, 0) is 5.41 Å². The highest BCUT2D eigenvalue weighted by molar-refractivity contribution is 6.04. The molecular weight excluding hydrogens is 266 g/mol. The number of rotatable bonds is 3. The summed E-state index contributed by atoms with van der Waals surface area (Å²) in [6.45, 7) is 6.08. The number of hydrogen-bond donors (Lipinski definition) is 3. The maximum Gasteiger partial charge on any atom is 0.255 e. The fourth-order valence-corrected chi connectivity index (χ4v) is 1.76. The van der Waals surface area contributed by atoms with Gasteiger partial charge in [0.1, 0.15) is 5.82 Å². The van der Waals surface area contributed by atoms with Crippen LogP contribution < -0.4 is 16.6 Å². The van der Waals surface area contributed by atoms with Gasteiger partial charge in [-0.25, -0.2) is 10.8 Å². The van der Waals surface area contributed by atoms with E-state index in [0.717, 1.165) is 5.69 Å². The third-order valence-corrected chi connectivity index (χ3v) is 2.94. The summed E-state index contributed by atoms with van der Waals surface area (Å²) < 4.78 is 0. The molecule has 2 aromatic heterocycles. The Labute approximate surface area is 123 Å². The fourth-order valence-electron chi connectivity index (χ4n) is 1.76. The summed E-state index contributed by atoms with van der Waals surface area (Å²) in [4.78, 5) is 20.6. The van der Waals surface area contributed by atoms with Gasteiger partial charge in [-0.3, -0.25) is 9.78 Å². The molecule has 2 aromatic rings. The molecule has 0 unspecified atom stereocenters. The Morgan fingerprint density at radius 1 is 1.19 bits per heavy atom. The highest BCUT2D eigenvalue weighted by atomic mass is 16.1. The Morgan fingerprint density at radius 3 is 2.43 bits per heavy atom. The molecule has 1 amide bonds. The van der Waals surface area contributed by atoms with Crippen molar-refractivity contribution in [2.75, 3.05) is 10.7 Å². The van der Waals surface area contributed by atoms with E-state index >= 15 is 0 Å². The number of hydrogen-bond acceptors (Lipinski definition) is 5. The second-order valence-electron chi connectivity index (χ2n) is 5.71. The molecular formula is C15H19N5O. The maximum atomic E-state index is 12.3. The molecule has 0 aliphatic carbocycles. The van der Waals surface area contributed by atoms with Crippen molar-refractivity contribution in [2.24, 2.45) is 5.84 Å². The van der Waals surface area contributed by atoms with E-state index in [2.05, 4.69) is 20.7 Å². The van der Waals surface area contributed by atoms with E-state index in [1.54, 1.807) is 36.7 Å². The van der Waals surface area contributed by atoms with Crippen LogP contribution in [0, 0.1) is 0 Å². The lowest BCUT2D eigenvalue weighted by Gasteiger charge is -2.19. The van der Waals surface area contributed by atoms with Gasteiger partial charge in [-0.1, -0.05) is 20.8 Å². The molecule has 0 saturated carbocycles. The Kier molecular flexibility index (Phi) is 4.18. The molecule has 0 atom stereocenters. The van der Waals surface area contributed by atoms with Crippen LogP contribution in [-0.4, -0.2) is 15.9 Å². The average molecular weight is 285 g/mol. The molecule has 0 aliphatic rings. The van der Waals surface area contributed by atoms with Gasteiger partial charge in [0.25, 0.3) is 5.91 Å². The van der Waals surface area contributed by atoms with Crippen LogP contribution in [0.5, 0.6) is 0 Å². The molecule has 0 aliphatic heterocycles. The third-order valence-electron chi connectivity index (χ3n) is 2.94. The number of aromatic nitrogens is 2. The van der Waals surface area contributed by atoms with Crippen LogP contribution in [0.15, 0.2) is 36.7 Å². The predicted octanol–water partition coefficient (Wildman–Crippen LogP) is 2.31. The molecule has 2 heterocycles. The lowest BCUT2D eigenvalue weighted by molar-refractivity contribution is 0.102. The molecule has 21 heavy (non-hydrogen) atoms. The van der Waals surface area contributed by atoms with Crippen molar-refractivity contribution in [3.63, 3.8) is 0 Å². The molecule has 0 bridgehead atoms. The van der Waals surface area contributed by atoms with Gasteiger partial charge in [0.15, 0.2) is 0 Å². The Hall–Kier alpha value is -2.47. The molecule has 0 radical (unpaired) electrons. The van der Waals surface area contributed by atoms with Crippen molar-refractivity contribution in [3.8, 4) is 0 Å². The quantitative estimate of drug-likeness (QED) is 0.594. The first-order valence-corrected chi connectivity index (χ1v) is 6.61. The number of carbonyl (C=O) groups excluding carboxylic acids is 1. The number of carbonyl (C=O) groups is 1. The van der Waals surface area contributed by atoms with Gasteiger partial charge in [0.2, 0.25) is 0 Å². The van der Waals surface area contributed by atoms with E-state index in [-0.39, 0.29) is 11.3 Å². The van der Waals surface area contributed by atoms with Crippen molar-refractivity contribution < 1.29 is 4.79 Å². The first-order chi connectivity index (χ1) is 9.90. The molecule has 0 aromatic carbocycles. The molecule has 110 valence electrons. The van der Waals surface area contributed by atoms with Gasteiger partial charge < -0.3 is 10.7 Å². The fraction of sp³-hybridized carbons (Fsp3) is 0.267. The lowest BCUT2D eigenvalue weighted by Crippen LogP contribution is -2.20. The number of pyridine rings is 2. The van der Waals surface area contributed by atoms with Crippen LogP contribution in [0.1, 0.15) is 36.8 Å². The Bertz CT molecular complexity index is 634. The molecule has 0 fully saturated rings. The topological polar surface area (TPSA) is 92.9 Å². The minimum atomic E-state index is -0.217. The highest BCUT2D eigenvalue weighted by Gasteiger charge is 2.19. The van der Waals surface area contributed by atoms with Crippen molar-refractivity contribution in [1.29, 1.82) is 0 Å². The maximum absolute atomic E-state index is 12.3. The number of nitrogen functional groups attached to an aromatic ring is 1. The molecule has 6 nitrogen and oxygen atoms in total. The summed E-state index contributed by atoms with van der Waals surface area (Å²) in [7, 11) is 0. The van der Waals surface area contributed by atoms with Gasteiger partial charge in [0, 0.05) is 34.8 Å². The summed E-state index contributed by atoms with van der Waals surface area (Å²) in [6, 6.07) is 6.85. The summed E-state index contributed by atoms with van der Waals surface area (Å²) in [6.07, 6.45) is 3.24. The summed E-state index contributed by atoms with van der Waals surface area (Å²) >= 11 is 0. The zero-order valence-electron chi connectivity index (χ0n) is 12.3. The number of nitrogens with one attached hydrogen (secondary N) is 2. The SMILES string of the molecule is CC(C)(C)c1cc(C(=O)Nc2ccncc2)cc(NN)n1. The van der Waals surface area contributed by atoms with E-state index in [1.807, 2.05) is 20.8 Å². The minimum absolute atomic E-state index is 0.182. The standard InChI is InChI=1S/C15H19N5O/c1-15(2,3)12-8-10(9-13(19-12)20-16)14(21)18-11-4-6-17-7-5-11/h4-9H,16H2,1-3H3,(H,19,20)(H,17,18,21). The number of nitrogens with two attached hydrogens (primary N) is 1. The number of amides is 1. The summed E-state index contributed by atoms with van der Waals surface area (Å²) in [5.41, 5.74) is 4.29. The highest BCUT2D eigenvalue weighted by Crippen LogP contribution is 2.23. The second kappa shape index (κ2) is 5.88. The normalized spacial score (nSPS) is 11.0. The van der Waals surface area contributed by atoms with Gasteiger partial charge in [-0.2, -0.15) is 0 Å². The van der Waals surface area contributed by atoms with Crippen LogP contribution in [0.2, 0.25) is 0 Å². The van der Waals surface area contributed by atoms with E-state index in [9.17, 15) is 4.79 Å². The zero-order valence-corrected chi connectivity index (χ0v) is 12.3. The zero-order chi connectivity index (χ0) is 15.5. The van der Waals surface area contributed by atoms with Gasteiger partial charge >= 0.3 is 0 Å². The lowest BCUT2D eigenvalue weighted by atomic mass is 9.90. The first kappa shape index (κ1) is 14.9. The van der Waals surface area contributed by atoms with Crippen LogP contribution in [0.25, 0.3) is 0 Å². The van der Waals surface area contributed by atoms with Crippen molar-refractivity contribution in [3.05, 3.63) is 47.9 Å². The summed E-state index contributed by atoms with van der Waals surface area (Å²) in [5, 5.41) is 2.81. The van der Waals surface area contributed by atoms with E-state index in [4.69, 9.17) is 5.84 Å². The second-order valence-corrected chi connectivity index (χ2v) is 5.71. The molecule has 2 rings (SSSR count). The van der Waals surface area contributed by atoms with Crippen LogP contribution in [0.4, 0.5) is 11.5 Å². The van der Waals surface area contributed by atoms with Crippen molar-refractivity contribution in [2.45, 2.75) is 26.2 Å². The Balaban J connectivity index is 2.32. The molecule has 6 heteroatoms. The van der Waals surface area contributed by atoms with E-state index in [0.29, 0.717) is 17.1 Å². The smallest absolute Gasteiger partial charge is 0.255 e. The van der Waals surface area contributed by atoms with Crippen molar-refractivity contribution >= 4 is 17.4 Å². The third kappa shape index (κ3) is 3.76. The number of nitrogens with zero attached hydrogens (tertiary/aromatic N) is 2. The monoisotopic (exact) mass is 285 g/mol. The van der Waals surface area contributed by atoms with Gasteiger partial charge in [0.05, 0.1) is 0 Å². The Morgan fingerprint density at radius 2 is 1.86 bits per heavy atom. The van der Waals surface area contributed by atoms with E-state index < -0.39 is 0 Å². The van der Waals surface area contributed by atoms with Crippen LogP contribution >= 0.6 is 0 Å². The van der Waals surface area contributed by atoms with Gasteiger partial charge in [-0.05, 0) is 24.3 Å². The van der Waals surface area contributed by atoms with Gasteiger partial charge in [-0.15, -0.1) is 0 Å². The molecule has 0 saturated heterocycles. The number of anilines is 2. The minimum Gasteiger partial charge on any atom is -0.322 e. The molecule has 0 spiro atoms. The van der Waals surface area contributed by atoms with E-state index in [1.165, 1.54) is 0 Å².